The molecule has 0 bridgehead atoms. The maximum atomic E-state index is 16.3. The Morgan fingerprint density at radius 2 is 1.75 bits per heavy atom. The molecule has 7 rings (SSSR count). The van der Waals surface area contributed by atoms with Crippen molar-refractivity contribution in [2.24, 2.45) is 5.92 Å². The van der Waals surface area contributed by atoms with Crippen molar-refractivity contribution in [3.8, 4) is 0 Å². The van der Waals surface area contributed by atoms with E-state index < -0.39 is 37.7 Å². The maximum absolute atomic E-state index is 16.3. The first-order valence-electron chi connectivity index (χ1n) is 16.9. The van der Waals surface area contributed by atoms with E-state index in [1.807, 2.05) is 90.7 Å². The summed E-state index contributed by atoms with van der Waals surface area (Å²) in [5.41, 5.74) is 2.77. The lowest BCUT2D eigenvalue weighted by molar-refractivity contribution is -0.146. The van der Waals surface area contributed by atoms with Gasteiger partial charge in [0.05, 0.1) is 24.5 Å². The van der Waals surface area contributed by atoms with E-state index in [9.17, 15) is 14.7 Å². The summed E-state index contributed by atoms with van der Waals surface area (Å²) in [6.45, 7) is 6.81. The average Bonchev–Trinajstić information content (AvgIpc) is 3.75. The van der Waals surface area contributed by atoms with Crippen molar-refractivity contribution >= 4 is 31.6 Å². The molecular weight excluding hydrogens is 626 g/mol. The predicted molar refractivity (Wildman–Crippen MR) is 183 cm³/mol. The van der Waals surface area contributed by atoms with Gasteiger partial charge in [-0.1, -0.05) is 72.8 Å². The molecule has 11 heteroatoms. The molecule has 250 valence electrons. The number of anilines is 2. The molecule has 2 amide bonds. The summed E-state index contributed by atoms with van der Waals surface area (Å²) < 4.78 is 24.8. The third kappa shape index (κ3) is 5.67. The zero-order chi connectivity index (χ0) is 33.6. The average molecular weight is 668 g/mol. The molecule has 4 heterocycles. The number of aliphatic hydroxyl groups is 1. The number of ether oxygens (including phenoxy) is 1. The van der Waals surface area contributed by atoms with Gasteiger partial charge in [0, 0.05) is 42.2 Å². The van der Waals surface area contributed by atoms with Crippen LogP contribution in [0.2, 0.25) is 18.6 Å². The summed E-state index contributed by atoms with van der Waals surface area (Å²) in [4.78, 5) is 30.7. The number of hydrogen-bond acceptors (Lipinski definition) is 6. The van der Waals surface area contributed by atoms with E-state index in [2.05, 4.69) is 10.3 Å². The molecule has 1 aromatic heterocycles. The quantitative estimate of drug-likeness (QED) is 0.166. The Morgan fingerprint density at radius 3 is 2.48 bits per heavy atom. The number of fused-ring (bicyclic) bond motifs is 2. The highest BCUT2D eigenvalue weighted by Gasteiger charge is 2.66. The monoisotopic (exact) mass is 667 g/mol. The highest BCUT2D eigenvalue weighted by Crippen LogP contribution is 2.60. The number of halogens is 1. The molecule has 3 aromatic carbocycles. The minimum absolute atomic E-state index is 0.143. The Bertz CT molecular complexity index is 1800. The Labute approximate surface area is 281 Å². The molecule has 0 saturated carbocycles. The van der Waals surface area contributed by atoms with Crippen molar-refractivity contribution in [3.05, 3.63) is 107 Å². The predicted octanol–water partition coefficient (Wildman–Crippen LogP) is 6.29. The number of carbonyl (C=O) groups excluding carboxylic acids is 2. The molecule has 5 atom stereocenters. The number of piperidine rings is 1. The van der Waals surface area contributed by atoms with E-state index in [-0.39, 0.29) is 11.8 Å². The topological polar surface area (TPSA) is 101 Å². The Hall–Kier alpha value is -4.19. The van der Waals surface area contributed by atoms with E-state index in [0.29, 0.717) is 31.6 Å². The van der Waals surface area contributed by atoms with Gasteiger partial charge in [0.25, 0.3) is 5.91 Å². The number of para-hydroxylation sites is 1. The SMILES string of the molecule is C[C@@H]1[C@@H]([Si](C)(C)F)[C@H](CCn2cc([C@H](O)c3ccccc3)nn2)O[C@@]12C(=O)N(Cc1ccc(N3CCCCC3=O)cc1)c1ccccc12. The van der Waals surface area contributed by atoms with Gasteiger partial charge < -0.3 is 23.8 Å². The van der Waals surface area contributed by atoms with Crippen LogP contribution in [-0.2, 0) is 33.0 Å². The highest BCUT2D eigenvalue weighted by molar-refractivity contribution is 6.72. The summed E-state index contributed by atoms with van der Waals surface area (Å²) in [7, 11) is -3.33. The first-order chi connectivity index (χ1) is 23.1. The molecule has 4 aromatic rings. The van der Waals surface area contributed by atoms with Gasteiger partial charge in [0.2, 0.25) is 14.3 Å². The molecule has 48 heavy (non-hydrogen) atoms. The van der Waals surface area contributed by atoms with Crippen LogP contribution in [0.15, 0.2) is 85.1 Å². The lowest BCUT2D eigenvalue weighted by atomic mass is 9.82. The molecule has 2 fully saturated rings. The second kappa shape index (κ2) is 12.7. The fourth-order valence-electron chi connectivity index (χ4n) is 8.08. The van der Waals surface area contributed by atoms with Gasteiger partial charge in [-0.3, -0.25) is 14.3 Å². The standard InChI is InChI=1S/C37H42FN5O4Si/c1-25-35(48(2,3)38)32(20-22-41-24-30(39-40-41)34(45)27-11-5-4-6-12-27)47-37(25)29-13-7-8-14-31(29)43(36(37)46)23-26-16-18-28(19-17-26)42-21-10-9-15-33(42)44/h4-8,11-14,16-19,24-25,32,34-35,45H,9-10,15,20-23H2,1-3H3/t25-,32+,34-,35-,37+/m1/s1. The van der Waals surface area contributed by atoms with Crippen LogP contribution in [0.25, 0.3) is 0 Å². The third-order valence-electron chi connectivity index (χ3n) is 10.4. The largest absolute Gasteiger partial charge is 0.382 e. The maximum Gasteiger partial charge on any atom is 0.264 e. The van der Waals surface area contributed by atoms with Crippen molar-refractivity contribution < 1.29 is 23.5 Å². The summed E-state index contributed by atoms with van der Waals surface area (Å²) in [6.07, 6.45) is 3.21. The number of aromatic nitrogens is 3. The number of carbonyl (C=O) groups is 2. The molecular formula is C37H42FN5O4Si. The number of nitrogens with zero attached hydrogens (tertiary/aromatic N) is 5. The molecule has 0 radical (unpaired) electrons. The van der Waals surface area contributed by atoms with Crippen molar-refractivity contribution in [2.45, 2.75) is 82.1 Å². The van der Waals surface area contributed by atoms with Gasteiger partial charge in [-0.2, -0.15) is 0 Å². The van der Waals surface area contributed by atoms with E-state index in [4.69, 9.17) is 4.74 Å². The summed E-state index contributed by atoms with van der Waals surface area (Å²) in [5, 5.41) is 19.2. The van der Waals surface area contributed by atoms with Crippen molar-refractivity contribution in [1.82, 2.24) is 15.0 Å². The molecule has 3 aliphatic rings. The highest BCUT2D eigenvalue weighted by atomic mass is 28.4. The lowest BCUT2D eigenvalue weighted by Gasteiger charge is -2.31. The first-order valence-corrected chi connectivity index (χ1v) is 19.8. The zero-order valence-corrected chi connectivity index (χ0v) is 28.6. The van der Waals surface area contributed by atoms with Gasteiger partial charge in [-0.05, 0) is 61.7 Å². The Morgan fingerprint density at radius 1 is 1.02 bits per heavy atom. The molecule has 0 aliphatic carbocycles. The van der Waals surface area contributed by atoms with Crippen molar-refractivity contribution in [1.29, 1.82) is 0 Å². The number of hydrogen-bond donors (Lipinski definition) is 1. The number of aryl methyl sites for hydroxylation is 1. The van der Waals surface area contributed by atoms with Gasteiger partial charge in [-0.25, -0.2) is 0 Å². The van der Waals surface area contributed by atoms with E-state index in [1.54, 1.807) is 28.9 Å². The van der Waals surface area contributed by atoms with Crippen molar-refractivity contribution in [3.63, 3.8) is 0 Å². The first kappa shape index (κ1) is 32.4. The van der Waals surface area contributed by atoms with Crippen LogP contribution in [0.1, 0.15) is 61.1 Å². The number of aliphatic hydroxyl groups excluding tert-OH is 1. The molecule has 0 unspecified atom stereocenters. The zero-order valence-electron chi connectivity index (χ0n) is 27.6. The molecule has 1 spiro atoms. The fraction of sp³-hybridized carbons (Fsp3) is 0.405. The van der Waals surface area contributed by atoms with Crippen LogP contribution in [0.3, 0.4) is 0 Å². The number of benzene rings is 3. The lowest BCUT2D eigenvalue weighted by Crippen LogP contribution is -2.45. The van der Waals surface area contributed by atoms with Gasteiger partial charge >= 0.3 is 0 Å². The summed E-state index contributed by atoms with van der Waals surface area (Å²) >= 11 is 0. The number of amides is 2. The van der Waals surface area contributed by atoms with Crippen LogP contribution < -0.4 is 9.80 Å². The minimum atomic E-state index is -3.33. The van der Waals surface area contributed by atoms with Gasteiger partial charge in [0.1, 0.15) is 11.8 Å². The van der Waals surface area contributed by atoms with Crippen LogP contribution >= 0.6 is 0 Å². The number of rotatable bonds is 9. The molecule has 1 N–H and O–H groups in total. The summed E-state index contributed by atoms with van der Waals surface area (Å²) in [5.74, 6) is -0.429. The van der Waals surface area contributed by atoms with Crippen LogP contribution in [-0.4, -0.2) is 53.0 Å². The van der Waals surface area contributed by atoms with E-state index >= 15 is 4.11 Å². The van der Waals surface area contributed by atoms with Gasteiger partial charge in [-0.15, -0.1) is 5.10 Å². The van der Waals surface area contributed by atoms with Crippen LogP contribution in [0, 0.1) is 5.92 Å². The Kier molecular flexibility index (Phi) is 8.55. The van der Waals surface area contributed by atoms with Crippen LogP contribution in [0.4, 0.5) is 15.5 Å². The fourth-order valence-corrected chi connectivity index (χ4v) is 10.6. The Balaban J connectivity index is 1.13. The molecule has 2 saturated heterocycles. The normalized spacial score (nSPS) is 24.8. The van der Waals surface area contributed by atoms with E-state index in [0.717, 1.165) is 47.5 Å². The summed E-state index contributed by atoms with van der Waals surface area (Å²) in [6, 6.07) is 24.8. The van der Waals surface area contributed by atoms with Gasteiger partial charge in [0.15, 0.2) is 5.60 Å². The van der Waals surface area contributed by atoms with Crippen molar-refractivity contribution in [2.75, 3.05) is 16.3 Å². The van der Waals surface area contributed by atoms with E-state index in [1.165, 1.54) is 0 Å². The smallest absolute Gasteiger partial charge is 0.264 e. The second-order valence-electron chi connectivity index (χ2n) is 13.9. The van der Waals surface area contributed by atoms with Crippen LogP contribution in [0.5, 0.6) is 0 Å². The third-order valence-corrected chi connectivity index (χ3v) is 12.8. The molecule has 3 aliphatic heterocycles. The second-order valence-corrected chi connectivity index (χ2v) is 17.7. The minimum Gasteiger partial charge on any atom is -0.382 e. The molecule has 9 nitrogen and oxygen atoms in total.